The molecule has 0 heterocycles. The summed E-state index contributed by atoms with van der Waals surface area (Å²) in [6, 6.07) is 15.3. The highest BCUT2D eigenvalue weighted by Crippen LogP contribution is 2.40. The van der Waals surface area contributed by atoms with Gasteiger partial charge in [0, 0.05) is 9.79 Å². The topological polar surface area (TPSA) is 86.2 Å². The van der Waals surface area contributed by atoms with Crippen molar-refractivity contribution in [3.63, 3.8) is 0 Å². The maximum Gasteiger partial charge on any atom is 0.221 e. The van der Waals surface area contributed by atoms with E-state index in [-0.39, 0.29) is 24.7 Å². The van der Waals surface area contributed by atoms with Gasteiger partial charge in [-0.25, -0.2) is 0 Å². The van der Waals surface area contributed by atoms with Crippen molar-refractivity contribution >= 4 is 33.4 Å². The summed E-state index contributed by atoms with van der Waals surface area (Å²) in [5, 5.41) is 0. The van der Waals surface area contributed by atoms with Crippen molar-refractivity contribution in [2.24, 2.45) is 11.5 Å². The summed E-state index contributed by atoms with van der Waals surface area (Å²) < 4.78 is 0. The first-order chi connectivity index (χ1) is 10.6. The van der Waals surface area contributed by atoms with E-state index in [1.807, 2.05) is 48.5 Å². The minimum Gasteiger partial charge on any atom is -0.369 e. The lowest BCUT2D eigenvalue weighted by atomic mass is 10.1. The Bertz CT molecular complexity index is 630. The summed E-state index contributed by atoms with van der Waals surface area (Å²) in [5.74, 6) is -0.709. The smallest absolute Gasteiger partial charge is 0.221 e. The molecule has 0 aromatic heterocycles. The number of nitrogens with two attached hydrogens (primary N) is 2. The summed E-state index contributed by atoms with van der Waals surface area (Å²) in [6.07, 6.45) is 0.430. The Balaban J connectivity index is 2.14. The molecule has 6 heteroatoms. The Morgan fingerprint density at radius 1 is 0.727 bits per heavy atom. The molecule has 0 aliphatic carbocycles. The lowest BCUT2D eigenvalue weighted by molar-refractivity contribution is -0.118. The fraction of sp³-hybridized carbons (Fsp3) is 0.125. The third kappa shape index (κ3) is 4.82. The molecule has 0 unspecified atom stereocenters. The monoisotopic (exact) mass is 332 g/mol. The van der Waals surface area contributed by atoms with Crippen LogP contribution in [0.3, 0.4) is 0 Å². The van der Waals surface area contributed by atoms with Gasteiger partial charge in [-0.1, -0.05) is 58.0 Å². The van der Waals surface area contributed by atoms with E-state index >= 15 is 0 Å². The van der Waals surface area contributed by atoms with E-state index < -0.39 is 0 Å². The quantitative estimate of drug-likeness (QED) is 0.763. The standard InChI is InChI=1S/C16H16N2O2S2/c17-15(19)9-11-5-1-3-7-13(11)21-22-14-8-4-2-6-12(14)10-16(18)20/h1-8H,9-10H2,(H2,17,19)(H2,18,20). The van der Waals surface area contributed by atoms with Crippen molar-refractivity contribution in [2.45, 2.75) is 22.6 Å². The third-order valence-corrected chi connectivity index (χ3v) is 5.46. The minimum absolute atomic E-state index is 0.215. The molecule has 0 atom stereocenters. The van der Waals surface area contributed by atoms with E-state index in [1.54, 1.807) is 21.6 Å². The Morgan fingerprint density at radius 3 is 1.45 bits per heavy atom. The average Bonchev–Trinajstić information content (AvgIpc) is 2.46. The zero-order chi connectivity index (χ0) is 15.9. The number of carbonyl (C=O) groups is 2. The zero-order valence-corrected chi connectivity index (χ0v) is 13.5. The normalized spacial score (nSPS) is 10.4. The third-order valence-electron chi connectivity index (χ3n) is 2.90. The lowest BCUT2D eigenvalue weighted by Gasteiger charge is -2.09. The van der Waals surface area contributed by atoms with E-state index in [9.17, 15) is 9.59 Å². The Labute approximate surface area is 137 Å². The van der Waals surface area contributed by atoms with Crippen LogP contribution in [0.4, 0.5) is 0 Å². The van der Waals surface area contributed by atoms with Gasteiger partial charge in [-0.3, -0.25) is 9.59 Å². The first-order valence-electron chi connectivity index (χ1n) is 6.63. The highest BCUT2D eigenvalue weighted by molar-refractivity contribution is 8.76. The number of carbonyl (C=O) groups excluding carboxylic acids is 2. The van der Waals surface area contributed by atoms with Crippen LogP contribution in [0.1, 0.15) is 11.1 Å². The van der Waals surface area contributed by atoms with Gasteiger partial charge >= 0.3 is 0 Å². The van der Waals surface area contributed by atoms with Gasteiger partial charge < -0.3 is 11.5 Å². The van der Waals surface area contributed by atoms with E-state index in [1.165, 1.54) is 0 Å². The number of rotatable bonds is 7. The predicted octanol–water partition coefficient (Wildman–Crippen LogP) is 2.54. The van der Waals surface area contributed by atoms with Gasteiger partial charge in [0.2, 0.25) is 11.8 Å². The summed E-state index contributed by atoms with van der Waals surface area (Å²) >= 11 is 0. The highest BCUT2D eigenvalue weighted by Gasteiger charge is 2.09. The molecule has 2 aromatic rings. The molecule has 4 N–H and O–H groups in total. The second-order valence-electron chi connectivity index (χ2n) is 4.67. The van der Waals surface area contributed by atoms with Crippen molar-refractivity contribution in [1.82, 2.24) is 0 Å². The molecule has 0 aliphatic rings. The van der Waals surface area contributed by atoms with Crippen molar-refractivity contribution in [2.75, 3.05) is 0 Å². The van der Waals surface area contributed by atoms with Crippen LogP contribution >= 0.6 is 21.6 Å². The minimum atomic E-state index is -0.354. The van der Waals surface area contributed by atoms with E-state index in [4.69, 9.17) is 11.5 Å². The van der Waals surface area contributed by atoms with Gasteiger partial charge in [0.05, 0.1) is 12.8 Å². The largest absolute Gasteiger partial charge is 0.369 e. The SMILES string of the molecule is NC(=O)Cc1ccccc1SSc1ccccc1CC(N)=O. The Kier molecular flexibility index (Phi) is 5.91. The Morgan fingerprint density at radius 2 is 1.09 bits per heavy atom. The zero-order valence-electron chi connectivity index (χ0n) is 11.8. The number of hydrogen-bond acceptors (Lipinski definition) is 4. The molecule has 0 spiro atoms. The highest BCUT2D eigenvalue weighted by atomic mass is 33.1. The van der Waals surface area contributed by atoms with Crippen LogP contribution in [0.5, 0.6) is 0 Å². The predicted molar refractivity (Wildman–Crippen MR) is 90.4 cm³/mol. The van der Waals surface area contributed by atoms with Crippen LogP contribution in [0, 0.1) is 0 Å². The summed E-state index contributed by atoms with van der Waals surface area (Å²) in [4.78, 5) is 24.2. The van der Waals surface area contributed by atoms with Gasteiger partial charge in [0.15, 0.2) is 0 Å². The summed E-state index contributed by atoms with van der Waals surface area (Å²) in [7, 11) is 3.08. The van der Waals surface area contributed by atoms with Crippen molar-refractivity contribution < 1.29 is 9.59 Å². The van der Waals surface area contributed by atoms with Crippen LogP contribution in [0.15, 0.2) is 58.3 Å². The fourth-order valence-corrected chi connectivity index (χ4v) is 4.38. The average molecular weight is 332 g/mol. The fourth-order valence-electron chi connectivity index (χ4n) is 1.93. The first-order valence-corrected chi connectivity index (χ1v) is 8.78. The Hall–Kier alpha value is -1.92. The molecular weight excluding hydrogens is 316 g/mol. The van der Waals surface area contributed by atoms with Crippen LogP contribution in [0.2, 0.25) is 0 Å². The molecule has 2 amide bonds. The molecule has 0 saturated carbocycles. The second-order valence-corrected chi connectivity index (χ2v) is 6.88. The van der Waals surface area contributed by atoms with Gasteiger partial charge in [0.25, 0.3) is 0 Å². The van der Waals surface area contributed by atoms with Crippen molar-refractivity contribution in [1.29, 1.82) is 0 Å². The summed E-state index contributed by atoms with van der Waals surface area (Å²) in [5.41, 5.74) is 12.4. The number of hydrogen-bond donors (Lipinski definition) is 2. The molecule has 2 aromatic carbocycles. The molecular formula is C16H16N2O2S2. The van der Waals surface area contributed by atoms with Crippen LogP contribution < -0.4 is 11.5 Å². The van der Waals surface area contributed by atoms with E-state index in [0.717, 1.165) is 20.9 Å². The van der Waals surface area contributed by atoms with Crippen LogP contribution in [-0.2, 0) is 22.4 Å². The first kappa shape index (κ1) is 16.5. The molecule has 22 heavy (non-hydrogen) atoms. The summed E-state index contributed by atoms with van der Waals surface area (Å²) in [6.45, 7) is 0. The maximum atomic E-state index is 11.1. The van der Waals surface area contributed by atoms with Crippen LogP contribution in [0.25, 0.3) is 0 Å². The molecule has 0 radical (unpaired) electrons. The molecule has 2 rings (SSSR count). The molecule has 0 bridgehead atoms. The molecule has 4 nitrogen and oxygen atoms in total. The van der Waals surface area contributed by atoms with E-state index in [0.29, 0.717) is 0 Å². The number of primary amides is 2. The van der Waals surface area contributed by atoms with Crippen molar-refractivity contribution in [3.8, 4) is 0 Å². The lowest BCUT2D eigenvalue weighted by Crippen LogP contribution is -2.14. The van der Waals surface area contributed by atoms with Gasteiger partial charge in [-0.15, -0.1) is 0 Å². The van der Waals surface area contributed by atoms with Crippen LogP contribution in [-0.4, -0.2) is 11.8 Å². The van der Waals surface area contributed by atoms with Gasteiger partial charge in [-0.2, -0.15) is 0 Å². The molecule has 0 fully saturated rings. The molecule has 0 saturated heterocycles. The van der Waals surface area contributed by atoms with E-state index in [2.05, 4.69) is 0 Å². The number of benzene rings is 2. The maximum absolute atomic E-state index is 11.1. The van der Waals surface area contributed by atoms with Gasteiger partial charge in [-0.05, 0) is 23.3 Å². The molecule has 0 aliphatic heterocycles. The van der Waals surface area contributed by atoms with Crippen molar-refractivity contribution in [3.05, 3.63) is 59.7 Å². The second kappa shape index (κ2) is 7.91. The number of amides is 2. The van der Waals surface area contributed by atoms with Gasteiger partial charge in [0.1, 0.15) is 0 Å². The molecule has 114 valence electrons.